The zero-order valence-corrected chi connectivity index (χ0v) is 11.2. The van der Waals surface area contributed by atoms with Gasteiger partial charge in [-0.05, 0) is 37.5 Å². The molecule has 1 aromatic rings. The van der Waals surface area contributed by atoms with Gasteiger partial charge in [-0.2, -0.15) is 0 Å². The number of hydrogen-bond acceptors (Lipinski definition) is 3. The molecule has 0 saturated carbocycles. The van der Waals surface area contributed by atoms with Gasteiger partial charge in [0, 0.05) is 7.11 Å². The average molecular weight is 237 g/mol. The predicted octanol–water partition coefficient (Wildman–Crippen LogP) is 2.35. The fourth-order valence-electron chi connectivity index (χ4n) is 1.64. The maximum absolute atomic E-state index is 6.09. The lowest BCUT2D eigenvalue weighted by atomic mass is 10.0. The van der Waals surface area contributed by atoms with Crippen molar-refractivity contribution < 1.29 is 9.47 Å². The van der Waals surface area contributed by atoms with E-state index in [-0.39, 0.29) is 12.1 Å². The Kier molecular flexibility index (Phi) is 5.62. The maximum Gasteiger partial charge on any atom is 0.0781 e. The van der Waals surface area contributed by atoms with Crippen molar-refractivity contribution in [2.75, 3.05) is 20.3 Å². The molecule has 17 heavy (non-hydrogen) atoms. The highest BCUT2D eigenvalue weighted by Crippen LogP contribution is 2.16. The Hall–Kier alpha value is -0.900. The molecule has 2 unspecified atom stereocenters. The molecule has 0 bridgehead atoms. The quantitative estimate of drug-likeness (QED) is 0.826. The Morgan fingerprint density at radius 3 is 2.47 bits per heavy atom. The van der Waals surface area contributed by atoms with Gasteiger partial charge in [0.15, 0.2) is 0 Å². The summed E-state index contributed by atoms with van der Waals surface area (Å²) in [6.45, 7) is 7.30. The second kappa shape index (κ2) is 6.74. The van der Waals surface area contributed by atoms with E-state index >= 15 is 0 Å². The van der Waals surface area contributed by atoms with Crippen LogP contribution in [0.15, 0.2) is 18.2 Å². The fourth-order valence-corrected chi connectivity index (χ4v) is 1.64. The summed E-state index contributed by atoms with van der Waals surface area (Å²) >= 11 is 0. The monoisotopic (exact) mass is 237 g/mol. The van der Waals surface area contributed by atoms with Crippen LogP contribution in [0.2, 0.25) is 0 Å². The van der Waals surface area contributed by atoms with E-state index in [9.17, 15) is 0 Å². The normalized spacial score (nSPS) is 14.6. The van der Waals surface area contributed by atoms with Crippen LogP contribution in [0.25, 0.3) is 0 Å². The highest BCUT2D eigenvalue weighted by atomic mass is 16.5. The van der Waals surface area contributed by atoms with Gasteiger partial charge in [-0.15, -0.1) is 0 Å². The molecule has 0 amide bonds. The molecule has 3 heteroatoms. The van der Waals surface area contributed by atoms with Crippen molar-refractivity contribution in [1.82, 2.24) is 0 Å². The highest BCUT2D eigenvalue weighted by Gasteiger charge is 2.09. The topological polar surface area (TPSA) is 44.5 Å². The van der Waals surface area contributed by atoms with Crippen LogP contribution < -0.4 is 5.73 Å². The van der Waals surface area contributed by atoms with Gasteiger partial charge >= 0.3 is 0 Å². The Labute approximate surface area is 104 Å². The molecule has 96 valence electrons. The van der Waals surface area contributed by atoms with E-state index in [4.69, 9.17) is 15.2 Å². The van der Waals surface area contributed by atoms with Crippen LogP contribution in [0.4, 0.5) is 0 Å². The van der Waals surface area contributed by atoms with Crippen molar-refractivity contribution in [1.29, 1.82) is 0 Å². The highest BCUT2D eigenvalue weighted by molar-refractivity contribution is 5.31. The summed E-state index contributed by atoms with van der Waals surface area (Å²) in [4.78, 5) is 0. The van der Waals surface area contributed by atoms with E-state index < -0.39 is 0 Å². The van der Waals surface area contributed by atoms with E-state index in [1.807, 2.05) is 6.92 Å². The first kappa shape index (κ1) is 14.2. The van der Waals surface area contributed by atoms with E-state index in [1.165, 1.54) is 11.1 Å². The minimum atomic E-state index is -0.0754. The molecular weight excluding hydrogens is 214 g/mol. The number of aryl methyl sites for hydroxylation is 2. The summed E-state index contributed by atoms with van der Waals surface area (Å²) in [5.74, 6) is 0. The minimum absolute atomic E-state index is 0.0754. The van der Waals surface area contributed by atoms with Crippen LogP contribution in [0, 0.1) is 13.8 Å². The third kappa shape index (κ3) is 4.46. The first-order valence-electron chi connectivity index (χ1n) is 5.98. The molecule has 2 N–H and O–H groups in total. The zero-order chi connectivity index (χ0) is 12.8. The van der Waals surface area contributed by atoms with Gasteiger partial charge in [-0.3, -0.25) is 0 Å². The molecule has 0 heterocycles. The summed E-state index contributed by atoms with van der Waals surface area (Å²) in [6.07, 6.45) is 0.0811. The lowest BCUT2D eigenvalue weighted by molar-refractivity contribution is 0.00328. The summed E-state index contributed by atoms with van der Waals surface area (Å²) < 4.78 is 10.6. The Morgan fingerprint density at radius 1 is 1.18 bits per heavy atom. The first-order chi connectivity index (χ1) is 8.04. The van der Waals surface area contributed by atoms with Crippen LogP contribution in [-0.2, 0) is 9.47 Å². The largest absolute Gasteiger partial charge is 0.382 e. The second-order valence-electron chi connectivity index (χ2n) is 4.55. The van der Waals surface area contributed by atoms with Crippen LogP contribution in [-0.4, -0.2) is 26.4 Å². The van der Waals surface area contributed by atoms with Gasteiger partial charge in [0.25, 0.3) is 0 Å². The summed E-state index contributed by atoms with van der Waals surface area (Å²) in [5.41, 5.74) is 9.77. The van der Waals surface area contributed by atoms with Gasteiger partial charge < -0.3 is 15.2 Å². The maximum atomic E-state index is 6.09. The predicted molar refractivity (Wildman–Crippen MR) is 70.1 cm³/mol. The second-order valence-corrected chi connectivity index (χ2v) is 4.55. The van der Waals surface area contributed by atoms with Gasteiger partial charge in [-0.1, -0.05) is 18.2 Å². The van der Waals surface area contributed by atoms with Crippen molar-refractivity contribution in [2.24, 2.45) is 5.73 Å². The van der Waals surface area contributed by atoms with Gasteiger partial charge in [0.05, 0.1) is 25.4 Å². The molecule has 1 rings (SSSR count). The Morgan fingerprint density at radius 2 is 1.88 bits per heavy atom. The van der Waals surface area contributed by atoms with Crippen LogP contribution in [0.3, 0.4) is 0 Å². The van der Waals surface area contributed by atoms with E-state index in [0.717, 1.165) is 5.56 Å². The van der Waals surface area contributed by atoms with Crippen molar-refractivity contribution in [3.8, 4) is 0 Å². The molecule has 0 fully saturated rings. The number of benzene rings is 1. The van der Waals surface area contributed by atoms with Crippen molar-refractivity contribution in [2.45, 2.75) is 32.9 Å². The van der Waals surface area contributed by atoms with Gasteiger partial charge in [-0.25, -0.2) is 0 Å². The summed E-state index contributed by atoms with van der Waals surface area (Å²) in [6, 6.07) is 6.22. The van der Waals surface area contributed by atoms with Crippen LogP contribution in [0.1, 0.15) is 29.7 Å². The molecule has 0 spiro atoms. The summed E-state index contributed by atoms with van der Waals surface area (Å²) in [7, 11) is 1.67. The fraction of sp³-hybridized carbons (Fsp3) is 0.571. The summed E-state index contributed by atoms with van der Waals surface area (Å²) in [5, 5.41) is 0. The number of nitrogens with two attached hydrogens (primary N) is 1. The molecule has 0 aliphatic carbocycles. The van der Waals surface area contributed by atoms with E-state index in [1.54, 1.807) is 7.11 Å². The molecular formula is C14H23NO2. The van der Waals surface area contributed by atoms with Gasteiger partial charge in [0.2, 0.25) is 0 Å². The smallest absolute Gasteiger partial charge is 0.0781 e. The van der Waals surface area contributed by atoms with E-state index in [2.05, 4.69) is 32.0 Å². The number of methoxy groups -OCH3 is 1. The van der Waals surface area contributed by atoms with Crippen LogP contribution in [0.5, 0.6) is 0 Å². The molecule has 2 atom stereocenters. The third-order valence-electron chi connectivity index (χ3n) is 2.92. The third-order valence-corrected chi connectivity index (χ3v) is 2.92. The van der Waals surface area contributed by atoms with Crippen LogP contribution >= 0.6 is 0 Å². The first-order valence-corrected chi connectivity index (χ1v) is 5.98. The Balaban J connectivity index is 2.52. The molecule has 0 aromatic heterocycles. The number of ether oxygens (including phenoxy) is 2. The average Bonchev–Trinajstić information content (AvgIpc) is 2.30. The number of rotatable bonds is 6. The van der Waals surface area contributed by atoms with Crippen molar-refractivity contribution in [3.05, 3.63) is 34.9 Å². The standard InChI is InChI=1S/C14H23NO2/c1-10-5-6-13(7-11(10)2)14(15)9-17-12(3)8-16-4/h5-7,12,14H,8-9,15H2,1-4H3. The minimum Gasteiger partial charge on any atom is -0.382 e. The van der Waals surface area contributed by atoms with Crippen molar-refractivity contribution >= 4 is 0 Å². The number of hydrogen-bond donors (Lipinski definition) is 1. The molecule has 0 radical (unpaired) electrons. The SMILES string of the molecule is COCC(C)OCC(N)c1ccc(C)c(C)c1. The van der Waals surface area contributed by atoms with E-state index in [0.29, 0.717) is 13.2 Å². The molecule has 3 nitrogen and oxygen atoms in total. The van der Waals surface area contributed by atoms with Crippen molar-refractivity contribution in [3.63, 3.8) is 0 Å². The van der Waals surface area contributed by atoms with Gasteiger partial charge in [0.1, 0.15) is 0 Å². The molecule has 0 aliphatic heterocycles. The zero-order valence-electron chi connectivity index (χ0n) is 11.2. The molecule has 0 saturated heterocycles. The molecule has 1 aromatic carbocycles. The Bertz CT molecular complexity index is 352. The molecule has 0 aliphatic rings. The lowest BCUT2D eigenvalue weighted by Crippen LogP contribution is -2.23. The lowest BCUT2D eigenvalue weighted by Gasteiger charge is -2.17.